The maximum absolute atomic E-state index is 11.9. The summed E-state index contributed by atoms with van der Waals surface area (Å²) in [7, 11) is 1.62. The number of aliphatic carboxylic acids is 1. The molecule has 0 aromatic carbocycles. The summed E-state index contributed by atoms with van der Waals surface area (Å²) in [6.07, 6.45) is 1.30. The van der Waals surface area contributed by atoms with Gasteiger partial charge in [0.05, 0.1) is 12.4 Å². The first-order valence-corrected chi connectivity index (χ1v) is 6.78. The normalized spacial score (nSPS) is 24.0. The Balaban J connectivity index is 2.48. The summed E-state index contributed by atoms with van der Waals surface area (Å²) in [5.74, 6) is 0.0743. The van der Waals surface area contributed by atoms with Crippen LogP contribution in [-0.4, -0.2) is 59.2 Å². The van der Waals surface area contributed by atoms with Gasteiger partial charge >= 0.3 is 5.97 Å². The monoisotopic (exact) mass is 261 g/mol. The molecule has 1 atom stereocenters. The summed E-state index contributed by atoms with van der Waals surface area (Å²) in [6.45, 7) is 2.78. The quantitative estimate of drug-likeness (QED) is 0.717. The number of methoxy groups -OCH3 is 1. The van der Waals surface area contributed by atoms with Crippen molar-refractivity contribution in [3.63, 3.8) is 0 Å². The summed E-state index contributed by atoms with van der Waals surface area (Å²) in [5.41, 5.74) is -1.01. The average molecular weight is 261 g/mol. The Kier molecular flexibility index (Phi) is 5.27. The Morgan fingerprint density at radius 2 is 2.24 bits per heavy atom. The largest absolute Gasteiger partial charge is 0.480 e. The van der Waals surface area contributed by atoms with E-state index in [1.807, 2.05) is 0 Å². The molecular weight excluding hydrogens is 242 g/mol. The van der Waals surface area contributed by atoms with E-state index in [2.05, 4.69) is 0 Å². The number of rotatable bonds is 6. The highest BCUT2D eigenvalue weighted by molar-refractivity contribution is 7.99. The van der Waals surface area contributed by atoms with E-state index in [0.29, 0.717) is 25.3 Å². The third kappa shape index (κ3) is 3.35. The third-order valence-electron chi connectivity index (χ3n) is 3.06. The first kappa shape index (κ1) is 14.3. The molecule has 0 bridgehead atoms. The van der Waals surface area contributed by atoms with Gasteiger partial charge in [0.2, 0.25) is 5.91 Å². The molecule has 0 radical (unpaired) electrons. The lowest BCUT2D eigenvalue weighted by atomic mass is 9.99. The molecule has 98 valence electrons. The summed E-state index contributed by atoms with van der Waals surface area (Å²) in [4.78, 5) is 24.6. The van der Waals surface area contributed by atoms with Crippen LogP contribution in [0.25, 0.3) is 0 Å². The van der Waals surface area contributed by atoms with Crippen LogP contribution in [0, 0.1) is 0 Å². The summed E-state index contributed by atoms with van der Waals surface area (Å²) in [6, 6.07) is 0. The lowest BCUT2D eigenvalue weighted by Gasteiger charge is -2.31. The van der Waals surface area contributed by atoms with Gasteiger partial charge in [0.25, 0.3) is 0 Å². The van der Waals surface area contributed by atoms with Crippen molar-refractivity contribution in [3.8, 4) is 0 Å². The Labute approximate surface area is 105 Å². The minimum Gasteiger partial charge on any atom is -0.480 e. The van der Waals surface area contributed by atoms with Crippen LogP contribution >= 0.6 is 11.8 Å². The van der Waals surface area contributed by atoms with Crippen molar-refractivity contribution in [3.05, 3.63) is 0 Å². The SMILES string of the molecule is COCCSCC(=O)N1CCCC1(C)C(=O)O. The van der Waals surface area contributed by atoms with E-state index in [4.69, 9.17) is 4.74 Å². The number of hydrogen-bond donors (Lipinski definition) is 1. The number of nitrogens with zero attached hydrogens (tertiary/aromatic N) is 1. The van der Waals surface area contributed by atoms with Gasteiger partial charge in [0.1, 0.15) is 5.54 Å². The fourth-order valence-electron chi connectivity index (χ4n) is 1.97. The standard InChI is InChI=1S/C11H19NO4S/c1-11(10(14)15)4-3-5-12(11)9(13)8-17-7-6-16-2/h3-8H2,1-2H3,(H,14,15). The molecule has 1 aliphatic heterocycles. The Morgan fingerprint density at radius 3 is 2.82 bits per heavy atom. The number of hydrogen-bond acceptors (Lipinski definition) is 4. The van der Waals surface area contributed by atoms with Crippen molar-refractivity contribution in [2.45, 2.75) is 25.3 Å². The number of carbonyl (C=O) groups is 2. The summed E-state index contributed by atoms with van der Waals surface area (Å²) >= 11 is 1.48. The van der Waals surface area contributed by atoms with Crippen molar-refractivity contribution in [2.75, 3.05) is 31.8 Å². The van der Waals surface area contributed by atoms with Gasteiger partial charge in [0.15, 0.2) is 0 Å². The van der Waals surface area contributed by atoms with Crippen molar-refractivity contribution in [2.24, 2.45) is 0 Å². The molecule has 1 N–H and O–H groups in total. The van der Waals surface area contributed by atoms with Crippen LogP contribution in [0.15, 0.2) is 0 Å². The second-order valence-corrected chi connectivity index (χ2v) is 5.38. The minimum atomic E-state index is -1.01. The zero-order valence-electron chi connectivity index (χ0n) is 10.3. The van der Waals surface area contributed by atoms with Crippen LogP contribution in [0.5, 0.6) is 0 Å². The number of carboxylic acid groups (broad SMARTS) is 1. The molecule has 1 fully saturated rings. The molecule has 1 heterocycles. The Bertz CT molecular complexity index is 297. The second kappa shape index (κ2) is 6.26. The van der Waals surface area contributed by atoms with E-state index in [9.17, 15) is 14.7 Å². The van der Waals surface area contributed by atoms with Crippen LogP contribution in [0.4, 0.5) is 0 Å². The van der Waals surface area contributed by atoms with E-state index in [1.165, 1.54) is 16.7 Å². The molecule has 1 rings (SSSR count). The molecule has 0 aromatic rings. The van der Waals surface area contributed by atoms with Crippen LogP contribution in [0.1, 0.15) is 19.8 Å². The number of amides is 1. The number of ether oxygens (including phenoxy) is 1. The third-order valence-corrected chi connectivity index (χ3v) is 3.97. The predicted octanol–water partition coefficient (Wildman–Crippen LogP) is 0.832. The highest BCUT2D eigenvalue weighted by atomic mass is 32.2. The maximum atomic E-state index is 11.9. The zero-order valence-corrected chi connectivity index (χ0v) is 11.1. The van der Waals surface area contributed by atoms with Gasteiger partial charge in [-0.25, -0.2) is 4.79 Å². The number of carboxylic acids is 1. The fraction of sp³-hybridized carbons (Fsp3) is 0.818. The lowest BCUT2D eigenvalue weighted by Crippen LogP contribution is -2.51. The van der Waals surface area contributed by atoms with Crippen LogP contribution < -0.4 is 0 Å². The molecule has 1 saturated heterocycles. The lowest BCUT2D eigenvalue weighted by molar-refractivity contribution is -0.154. The topological polar surface area (TPSA) is 66.8 Å². The molecule has 0 spiro atoms. The minimum absolute atomic E-state index is 0.0893. The number of carbonyl (C=O) groups excluding carboxylic acids is 1. The van der Waals surface area contributed by atoms with Crippen molar-refractivity contribution in [1.82, 2.24) is 4.90 Å². The zero-order chi connectivity index (χ0) is 12.9. The average Bonchev–Trinajstić information content (AvgIpc) is 2.68. The van der Waals surface area contributed by atoms with Gasteiger partial charge < -0.3 is 14.7 Å². The van der Waals surface area contributed by atoms with Gasteiger partial charge in [-0.15, -0.1) is 11.8 Å². The van der Waals surface area contributed by atoms with Gasteiger partial charge in [-0.3, -0.25) is 4.79 Å². The first-order chi connectivity index (χ1) is 8.02. The molecular formula is C11H19NO4S. The van der Waals surface area contributed by atoms with Crippen molar-refractivity contribution >= 4 is 23.6 Å². The van der Waals surface area contributed by atoms with Gasteiger partial charge in [-0.05, 0) is 19.8 Å². The van der Waals surface area contributed by atoms with Crippen molar-refractivity contribution in [1.29, 1.82) is 0 Å². The van der Waals surface area contributed by atoms with E-state index in [0.717, 1.165) is 12.2 Å². The van der Waals surface area contributed by atoms with Crippen LogP contribution in [0.3, 0.4) is 0 Å². The number of likely N-dealkylation sites (tertiary alicyclic amines) is 1. The smallest absolute Gasteiger partial charge is 0.329 e. The Hall–Kier alpha value is -0.750. The molecule has 1 aliphatic rings. The fourth-order valence-corrected chi connectivity index (χ4v) is 2.72. The molecule has 5 nitrogen and oxygen atoms in total. The van der Waals surface area contributed by atoms with Gasteiger partial charge in [0, 0.05) is 19.4 Å². The molecule has 6 heteroatoms. The van der Waals surface area contributed by atoms with Crippen LogP contribution in [-0.2, 0) is 14.3 Å². The van der Waals surface area contributed by atoms with E-state index in [-0.39, 0.29) is 5.91 Å². The van der Waals surface area contributed by atoms with E-state index < -0.39 is 11.5 Å². The molecule has 0 saturated carbocycles. The number of thioether (sulfide) groups is 1. The first-order valence-electron chi connectivity index (χ1n) is 5.63. The molecule has 1 amide bonds. The summed E-state index contributed by atoms with van der Waals surface area (Å²) < 4.78 is 4.89. The molecule has 1 unspecified atom stereocenters. The van der Waals surface area contributed by atoms with Crippen LogP contribution in [0.2, 0.25) is 0 Å². The van der Waals surface area contributed by atoms with E-state index in [1.54, 1.807) is 14.0 Å². The maximum Gasteiger partial charge on any atom is 0.329 e. The molecule has 17 heavy (non-hydrogen) atoms. The van der Waals surface area contributed by atoms with Crippen molar-refractivity contribution < 1.29 is 19.4 Å². The highest BCUT2D eigenvalue weighted by Crippen LogP contribution is 2.29. The molecule has 0 aromatic heterocycles. The van der Waals surface area contributed by atoms with Gasteiger partial charge in [-0.2, -0.15) is 0 Å². The van der Waals surface area contributed by atoms with Gasteiger partial charge in [-0.1, -0.05) is 0 Å². The second-order valence-electron chi connectivity index (χ2n) is 4.27. The van der Waals surface area contributed by atoms with E-state index >= 15 is 0 Å². The molecule has 0 aliphatic carbocycles. The Morgan fingerprint density at radius 1 is 1.53 bits per heavy atom. The summed E-state index contributed by atoms with van der Waals surface area (Å²) in [5, 5.41) is 9.18. The highest BCUT2D eigenvalue weighted by Gasteiger charge is 2.45. The predicted molar refractivity (Wildman–Crippen MR) is 66.2 cm³/mol.